The molecule has 4 rings (SSSR count). The molecule has 0 aliphatic heterocycles. The number of H-pyrrole nitrogens is 1. The summed E-state index contributed by atoms with van der Waals surface area (Å²) in [5, 5.41) is 0. The number of anilines is 1. The van der Waals surface area contributed by atoms with E-state index >= 15 is 0 Å². The van der Waals surface area contributed by atoms with Gasteiger partial charge in [-0.2, -0.15) is 4.98 Å². The number of hydrogen-bond donors (Lipinski definition) is 2. The van der Waals surface area contributed by atoms with Gasteiger partial charge in [0, 0.05) is 12.6 Å². The first kappa shape index (κ1) is 29.7. The SMILES string of the molecule is COc1ccc(OC(=O)OCOP(COCCn2cnc3c(=O)[nH]c(N)nc32)OCc2cccc(F)c2)cc1OC. The number of nitrogens with zero attached hydrogens (tertiary/aromatic N) is 3. The molecular formula is C25H27FN5O9P. The molecule has 4 aromatic rings. The van der Waals surface area contributed by atoms with Crippen LogP contribution in [0.15, 0.2) is 53.6 Å². The lowest BCUT2D eigenvalue weighted by atomic mass is 10.2. The van der Waals surface area contributed by atoms with Crippen LogP contribution in [0.25, 0.3) is 11.2 Å². The fraction of sp³-hybridized carbons (Fsp3) is 0.280. The second-order valence-electron chi connectivity index (χ2n) is 8.09. The summed E-state index contributed by atoms with van der Waals surface area (Å²) < 4.78 is 52.7. The molecule has 0 fully saturated rings. The summed E-state index contributed by atoms with van der Waals surface area (Å²) in [6, 6.07) is 10.4. The molecule has 3 N–H and O–H groups in total. The monoisotopic (exact) mass is 591 g/mol. The molecule has 16 heteroatoms. The summed E-state index contributed by atoms with van der Waals surface area (Å²) in [5.74, 6) is 0.570. The van der Waals surface area contributed by atoms with Gasteiger partial charge in [-0.1, -0.05) is 12.1 Å². The molecule has 1 atom stereocenters. The van der Waals surface area contributed by atoms with E-state index in [1.165, 1.54) is 44.8 Å². The van der Waals surface area contributed by atoms with Crippen molar-refractivity contribution >= 4 is 31.6 Å². The van der Waals surface area contributed by atoms with Crippen molar-refractivity contribution in [2.45, 2.75) is 13.2 Å². The van der Waals surface area contributed by atoms with Crippen LogP contribution in [0.2, 0.25) is 0 Å². The summed E-state index contributed by atoms with van der Waals surface area (Å²) in [6.07, 6.45) is 0.418. The topological polar surface area (TPSA) is 171 Å². The summed E-state index contributed by atoms with van der Waals surface area (Å²) in [5.41, 5.74) is 6.23. The van der Waals surface area contributed by atoms with Crippen molar-refractivity contribution in [2.24, 2.45) is 0 Å². The quantitative estimate of drug-likeness (QED) is 0.0719. The molecule has 0 spiro atoms. The molecule has 14 nitrogen and oxygen atoms in total. The molecular weight excluding hydrogens is 564 g/mol. The molecule has 0 amide bonds. The van der Waals surface area contributed by atoms with Crippen molar-refractivity contribution in [3.05, 3.63) is 70.5 Å². The number of halogens is 1. The third-order valence-electron chi connectivity index (χ3n) is 5.36. The molecule has 1 unspecified atom stereocenters. The number of fused-ring (bicyclic) bond motifs is 1. The highest BCUT2D eigenvalue weighted by Gasteiger charge is 2.16. The summed E-state index contributed by atoms with van der Waals surface area (Å²) in [4.78, 5) is 34.6. The molecule has 218 valence electrons. The Morgan fingerprint density at radius 2 is 1.95 bits per heavy atom. The van der Waals surface area contributed by atoms with Gasteiger partial charge in [0.05, 0.1) is 33.8 Å². The van der Waals surface area contributed by atoms with E-state index in [4.69, 9.17) is 38.5 Å². The largest absolute Gasteiger partial charge is 0.515 e. The fourth-order valence-corrected chi connectivity index (χ4v) is 4.43. The molecule has 0 bridgehead atoms. The van der Waals surface area contributed by atoms with Gasteiger partial charge in [0.15, 0.2) is 22.7 Å². The molecule has 0 saturated carbocycles. The normalized spacial score (nSPS) is 11.8. The van der Waals surface area contributed by atoms with Crippen molar-refractivity contribution in [1.29, 1.82) is 0 Å². The average Bonchev–Trinajstić information content (AvgIpc) is 3.36. The molecule has 0 aliphatic rings. The number of rotatable bonds is 14. The average molecular weight is 591 g/mol. The second-order valence-corrected chi connectivity index (χ2v) is 9.53. The van der Waals surface area contributed by atoms with Gasteiger partial charge in [-0.25, -0.2) is 14.2 Å². The number of nitrogens with one attached hydrogen (secondary N) is 1. The number of ether oxygens (including phenoxy) is 5. The Morgan fingerprint density at radius 1 is 1.12 bits per heavy atom. The molecule has 2 heterocycles. The van der Waals surface area contributed by atoms with Crippen molar-refractivity contribution in [2.75, 3.05) is 39.7 Å². The van der Waals surface area contributed by atoms with E-state index in [-0.39, 0.29) is 36.8 Å². The Morgan fingerprint density at radius 3 is 2.73 bits per heavy atom. The van der Waals surface area contributed by atoms with Gasteiger partial charge in [-0.15, -0.1) is 0 Å². The van der Waals surface area contributed by atoms with Crippen LogP contribution in [-0.2, 0) is 31.7 Å². The highest BCUT2D eigenvalue weighted by molar-refractivity contribution is 7.46. The standard InChI is InChI=1S/C25H27FN5O9P/c1-34-19-7-6-18(11-20(19)35-2)40-25(33)37-14-39-41(38-12-16-4-3-5-17(26)10-16)15-36-9-8-31-13-28-21-22(31)29-24(27)30-23(21)32/h3-7,10-11,13H,8-9,12,14-15H2,1-2H3,(H3,27,29,30,32). The third kappa shape index (κ3) is 8.35. The molecule has 41 heavy (non-hydrogen) atoms. The lowest BCUT2D eigenvalue weighted by Crippen LogP contribution is -2.14. The first-order valence-electron chi connectivity index (χ1n) is 12.0. The van der Waals surface area contributed by atoms with Crippen LogP contribution in [0, 0.1) is 5.82 Å². The van der Waals surface area contributed by atoms with Crippen molar-refractivity contribution in [1.82, 2.24) is 19.5 Å². The lowest BCUT2D eigenvalue weighted by molar-refractivity contribution is 0.0244. The number of methoxy groups -OCH3 is 2. The number of nitrogen functional groups attached to an aromatic ring is 1. The maximum Gasteiger partial charge on any atom is 0.515 e. The first-order chi connectivity index (χ1) is 19.9. The Balaban J connectivity index is 1.30. The van der Waals surface area contributed by atoms with E-state index in [1.807, 2.05) is 0 Å². The summed E-state index contributed by atoms with van der Waals surface area (Å²) in [7, 11) is 1.19. The predicted molar refractivity (Wildman–Crippen MR) is 144 cm³/mol. The number of aromatic amines is 1. The summed E-state index contributed by atoms with van der Waals surface area (Å²) in [6.45, 7) is 0.00465. The van der Waals surface area contributed by atoms with Crippen LogP contribution in [0.4, 0.5) is 15.1 Å². The number of carbonyl (C=O) groups excluding carboxylic acids is 1. The van der Waals surface area contributed by atoms with Gasteiger partial charge >= 0.3 is 6.16 Å². The van der Waals surface area contributed by atoms with E-state index < -0.39 is 32.7 Å². The molecule has 2 aromatic heterocycles. The molecule has 0 saturated heterocycles. The Hall–Kier alpha value is -4.30. The van der Waals surface area contributed by atoms with Crippen LogP contribution >= 0.6 is 8.38 Å². The minimum Gasteiger partial charge on any atom is -0.493 e. The zero-order valence-corrected chi connectivity index (χ0v) is 23.0. The van der Waals surface area contributed by atoms with Crippen LogP contribution in [0.3, 0.4) is 0 Å². The number of imidazole rings is 1. The van der Waals surface area contributed by atoms with E-state index in [9.17, 15) is 14.0 Å². The van der Waals surface area contributed by atoms with Gasteiger partial charge in [-0.3, -0.25) is 14.3 Å². The third-order valence-corrected chi connectivity index (χ3v) is 6.56. The van der Waals surface area contributed by atoms with Gasteiger partial charge in [0.2, 0.25) is 21.1 Å². The minimum atomic E-state index is -1.74. The molecule has 0 aliphatic carbocycles. The van der Waals surface area contributed by atoms with Gasteiger partial charge < -0.3 is 38.5 Å². The highest BCUT2D eigenvalue weighted by Crippen LogP contribution is 2.39. The Labute approximate surface area is 234 Å². The Kier molecular flexibility index (Phi) is 10.4. The summed E-state index contributed by atoms with van der Waals surface area (Å²) >= 11 is 0. The van der Waals surface area contributed by atoms with E-state index in [0.717, 1.165) is 0 Å². The van der Waals surface area contributed by atoms with Crippen molar-refractivity contribution in [3.63, 3.8) is 0 Å². The number of nitrogens with two attached hydrogens (primary N) is 1. The van der Waals surface area contributed by atoms with E-state index in [0.29, 0.717) is 29.3 Å². The maximum atomic E-state index is 13.6. The van der Waals surface area contributed by atoms with E-state index in [2.05, 4.69) is 15.0 Å². The van der Waals surface area contributed by atoms with Crippen LogP contribution in [0.5, 0.6) is 17.2 Å². The fourth-order valence-electron chi connectivity index (χ4n) is 3.46. The molecule has 2 aromatic carbocycles. The molecule has 0 radical (unpaired) electrons. The predicted octanol–water partition coefficient (Wildman–Crippen LogP) is 3.55. The Bertz CT molecular complexity index is 1530. The van der Waals surface area contributed by atoms with Crippen molar-refractivity contribution in [3.8, 4) is 17.2 Å². The maximum absolute atomic E-state index is 13.6. The van der Waals surface area contributed by atoms with Gasteiger partial charge in [-0.05, 0) is 29.8 Å². The number of benzene rings is 2. The smallest absolute Gasteiger partial charge is 0.493 e. The van der Waals surface area contributed by atoms with Crippen LogP contribution in [0.1, 0.15) is 5.56 Å². The minimum absolute atomic E-state index is 0.0124. The highest BCUT2D eigenvalue weighted by atomic mass is 31.2. The van der Waals surface area contributed by atoms with Crippen LogP contribution < -0.4 is 25.5 Å². The second kappa shape index (κ2) is 14.4. The number of carbonyl (C=O) groups is 1. The van der Waals surface area contributed by atoms with Crippen LogP contribution in [-0.4, -0.2) is 59.6 Å². The lowest BCUT2D eigenvalue weighted by Gasteiger charge is -2.18. The number of aromatic nitrogens is 4. The zero-order chi connectivity index (χ0) is 29.2. The van der Waals surface area contributed by atoms with E-state index in [1.54, 1.807) is 22.8 Å². The number of hydrogen-bond acceptors (Lipinski definition) is 12. The van der Waals surface area contributed by atoms with Gasteiger partial charge in [0.1, 0.15) is 17.9 Å². The van der Waals surface area contributed by atoms with Gasteiger partial charge in [0.25, 0.3) is 5.56 Å². The van der Waals surface area contributed by atoms with Crippen molar-refractivity contribution < 1.29 is 41.9 Å². The zero-order valence-electron chi connectivity index (χ0n) is 22.1. The first-order valence-corrected chi connectivity index (χ1v) is 13.4.